The predicted molar refractivity (Wildman–Crippen MR) is 145 cm³/mol. The van der Waals surface area contributed by atoms with Gasteiger partial charge in [-0.1, -0.05) is 84.8 Å². The molecule has 5 rings (SSSR count). The Bertz CT molecular complexity index is 1310. The van der Waals surface area contributed by atoms with Gasteiger partial charge in [0.2, 0.25) is 0 Å². The van der Waals surface area contributed by atoms with Crippen LogP contribution in [0.3, 0.4) is 0 Å². The lowest BCUT2D eigenvalue weighted by molar-refractivity contribution is 0.0993. The second-order valence-corrected chi connectivity index (χ2v) is 9.85. The number of aromatic nitrogens is 2. The zero-order valence-corrected chi connectivity index (χ0v) is 21.0. The quantitative estimate of drug-likeness (QED) is 0.275. The molecule has 1 aliphatic rings. The molecule has 4 nitrogen and oxygen atoms in total. The van der Waals surface area contributed by atoms with Crippen LogP contribution in [-0.4, -0.2) is 33.7 Å². The third kappa shape index (κ3) is 6.32. The van der Waals surface area contributed by atoms with Gasteiger partial charge in [-0.3, -0.25) is 9.69 Å². The molecule has 4 heteroatoms. The van der Waals surface area contributed by atoms with Gasteiger partial charge in [0.15, 0.2) is 5.78 Å². The van der Waals surface area contributed by atoms with Crippen LogP contribution in [0, 0.1) is 6.92 Å². The molecular weight excluding hydrogens is 442 g/mol. The van der Waals surface area contributed by atoms with Crippen molar-refractivity contribution in [1.82, 2.24) is 14.9 Å². The molecule has 0 amide bonds. The molecule has 0 atom stereocenters. The number of rotatable bonds is 8. The topological polar surface area (TPSA) is 46.1 Å². The van der Waals surface area contributed by atoms with Crippen molar-refractivity contribution in [3.8, 4) is 11.3 Å². The highest BCUT2D eigenvalue weighted by molar-refractivity contribution is 5.97. The van der Waals surface area contributed by atoms with Gasteiger partial charge >= 0.3 is 0 Å². The summed E-state index contributed by atoms with van der Waals surface area (Å²) in [5, 5.41) is 0. The van der Waals surface area contributed by atoms with E-state index >= 15 is 0 Å². The fourth-order valence-corrected chi connectivity index (χ4v) is 4.86. The number of aryl methyl sites for hydroxylation is 1. The van der Waals surface area contributed by atoms with Crippen molar-refractivity contribution in [2.45, 2.75) is 45.6 Å². The van der Waals surface area contributed by atoms with E-state index < -0.39 is 0 Å². The Labute approximate surface area is 214 Å². The molecule has 1 fully saturated rings. The second-order valence-electron chi connectivity index (χ2n) is 9.85. The summed E-state index contributed by atoms with van der Waals surface area (Å²) in [6.07, 6.45) is 6.77. The first-order valence-electron chi connectivity index (χ1n) is 12.9. The van der Waals surface area contributed by atoms with Crippen LogP contribution in [0.25, 0.3) is 11.3 Å². The molecule has 0 spiro atoms. The SMILES string of the molecule is Cc1ccc(-c2ccnc(Cc3cccc(CC(=O)c4ccc(CN5CCCCC5)cc4)c3)n2)cc1. The van der Waals surface area contributed by atoms with Gasteiger partial charge in [-0.15, -0.1) is 0 Å². The standard InChI is InChI=1S/C32H33N3O/c1-24-8-12-28(13-9-24)30-16-17-33-32(34-30)22-27-7-5-6-26(20-27)21-31(36)29-14-10-25(11-15-29)23-35-18-3-2-4-19-35/h5-17,20H,2-4,18-19,21-23H2,1H3. The molecular formula is C32H33N3O. The van der Waals surface area contributed by atoms with E-state index in [-0.39, 0.29) is 5.78 Å². The third-order valence-corrected chi connectivity index (χ3v) is 6.90. The van der Waals surface area contributed by atoms with Crippen molar-refractivity contribution in [1.29, 1.82) is 0 Å². The van der Waals surface area contributed by atoms with E-state index in [9.17, 15) is 4.79 Å². The summed E-state index contributed by atoms with van der Waals surface area (Å²) in [5.41, 5.74) is 7.43. The van der Waals surface area contributed by atoms with E-state index in [0.717, 1.165) is 40.3 Å². The molecule has 0 aliphatic carbocycles. The summed E-state index contributed by atoms with van der Waals surface area (Å²) in [7, 11) is 0. The van der Waals surface area contributed by atoms with E-state index in [4.69, 9.17) is 4.98 Å². The summed E-state index contributed by atoms with van der Waals surface area (Å²) in [4.78, 5) is 24.7. The summed E-state index contributed by atoms with van der Waals surface area (Å²) in [6, 6.07) is 26.7. The van der Waals surface area contributed by atoms with Crippen LogP contribution in [0.4, 0.5) is 0 Å². The van der Waals surface area contributed by atoms with Gasteiger partial charge in [-0.25, -0.2) is 9.97 Å². The normalized spacial score (nSPS) is 14.0. The van der Waals surface area contributed by atoms with Gasteiger partial charge in [-0.2, -0.15) is 0 Å². The highest BCUT2D eigenvalue weighted by Crippen LogP contribution is 2.19. The van der Waals surface area contributed by atoms with Crippen molar-refractivity contribution in [2.75, 3.05) is 13.1 Å². The maximum absolute atomic E-state index is 13.0. The number of ketones is 1. The molecule has 0 unspecified atom stereocenters. The van der Waals surface area contributed by atoms with Crippen LogP contribution in [0.5, 0.6) is 0 Å². The van der Waals surface area contributed by atoms with Crippen LogP contribution in [0.1, 0.15) is 57.7 Å². The fourth-order valence-electron chi connectivity index (χ4n) is 4.86. The first-order valence-corrected chi connectivity index (χ1v) is 12.9. The Morgan fingerprint density at radius 3 is 2.36 bits per heavy atom. The van der Waals surface area contributed by atoms with Crippen molar-refractivity contribution in [2.24, 2.45) is 0 Å². The highest BCUT2D eigenvalue weighted by Gasteiger charge is 2.12. The molecule has 2 heterocycles. The number of Topliss-reactive ketones (excluding diaryl/α,β-unsaturated/α-hetero) is 1. The van der Waals surface area contributed by atoms with Gasteiger partial charge in [-0.05, 0) is 55.6 Å². The van der Waals surface area contributed by atoms with E-state index in [2.05, 4.69) is 65.3 Å². The molecule has 4 aromatic rings. The minimum absolute atomic E-state index is 0.147. The molecule has 0 saturated carbocycles. The van der Waals surface area contributed by atoms with E-state index in [1.165, 1.54) is 43.5 Å². The Morgan fingerprint density at radius 1 is 0.833 bits per heavy atom. The lowest BCUT2D eigenvalue weighted by Gasteiger charge is -2.26. The molecule has 3 aromatic carbocycles. The third-order valence-electron chi connectivity index (χ3n) is 6.90. The van der Waals surface area contributed by atoms with Gasteiger partial charge in [0, 0.05) is 36.7 Å². The second kappa shape index (κ2) is 11.4. The highest BCUT2D eigenvalue weighted by atomic mass is 16.1. The maximum atomic E-state index is 13.0. The van der Waals surface area contributed by atoms with Crippen molar-refractivity contribution >= 4 is 5.78 Å². The number of carbonyl (C=O) groups is 1. The number of hydrogen-bond donors (Lipinski definition) is 0. The van der Waals surface area contributed by atoms with Gasteiger partial charge in [0.25, 0.3) is 0 Å². The molecule has 0 bridgehead atoms. The number of hydrogen-bond acceptors (Lipinski definition) is 4. The average molecular weight is 476 g/mol. The minimum atomic E-state index is 0.147. The molecule has 1 aromatic heterocycles. The number of nitrogens with zero attached hydrogens (tertiary/aromatic N) is 3. The van der Waals surface area contributed by atoms with E-state index in [1.807, 2.05) is 36.5 Å². The van der Waals surface area contributed by atoms with Crippen LogP contribution in [0.15, 0.2) is 85.1 Å². The molecule has 36 heavy (non-hydrogen) atoms. The first-order chi connectivity index (χ1) is 17.6. The molecule has 0 radical (unpaired) electrons. The predicted octanol–water partition coefficient (Wildman–Crippen LogP) is 6.45. The van der Waals surface area contributed by atoms with Crippen LogP contribution >= 0.6 is 0 Å². The van der Waals surface area contributed by atoms with Crippen LogP contribution in [-0.2, 0) is 19.4 Å². The Hall–Kier alpha value is -3.63. The largest absolute Gasteiger partial charge is 0.299 e. The molecule has 1 saturated heterocycles. The zero-order chi connectivity index (χ0) is 24.7. The lowest BCUT2D eigenvalue weighted by atomic mass is 9.99. The number of likely N-dealkylation sites (tertiary alicyclic amines) is 1. The van der Waals surface area contributed by atoms with Crippen molar-refractivity contribution < 1.29 is 4.79 Å². The first kappa shape index (κ1) is 24.1. The molecule has 0 N–H and O–H groups in total. The van der Waals surface area contributed by atoms with E-state index in [0.29, 0.717) is 12.8 Å². The smallest absolute Gasteiger partial charge is 0.167 e. The molecule has 182 valence electrons. The minimum Gasteiger partial charge on any atom is -0.299 e. The number of carbonyl (C=O) groups excluding carboxylic acids is 1. The van der Waals surface area contributed by atoms with Crippen molar-refractivity contribution in [3.63, 3.8) is 0 Å². The summed E-state index contributed by atoms with van der Waals surface area (Å²) < 4.78 is 0. The van der Waals surface area contributed by atoms with Crippen LogP contribution in [0.2, 0.25) is 0 Å². The molecule has 1 aliphatic heterocycles. The fraction of sp³-hybridized carbons (Fsp3) is 0.281. The summed E-state index contributed by atoms with van der Waals surface area (Å²) >= 11 is 0. The number of benzene rings is 3. The van der Waals surface area contributed by atoms with Crippen LogP contribution < -0.4 is 0 Å². The van der Waals surface area contributed by atoms with Gasteiger partial charge in [0.1, 0.15) is 5.82 Å². The zero-order valence-electron chi connectivity index (χ0n) is 21.0. The van der Waals surface area contributed by atoms with Gasteiger partial charge in [0.05, 0.1) is 5.69 Å². The lowest BCUT2D eigenvalue weighted by Crippen LogP contribution is -2.29. The average Bonchev–Trinajstić information content (AvgIpc) is 2.90. The van der Waals surface area contributed by atoms with Crippen molar-refractivity contribution in [3.05, 3.63) is 119 Å². The number of piperidine rings is 1. The Kier molecular flexibility index (Phi) is 7.63. The Balaban J connectivity index is 1.22. The monoisotopic (exact) mass is 475 g/mol. The summed E-state index contributed by atoms with van der Waals surface area (Å²) in [5.74, 6) is 0.926. The van der Waals surface area contributed by atoms with Gasteiger partial charge < -0.3 is 0 Å². The Morgan fingerprint density at radius 2 is 1.58 bits per heavy atom. The maximum Gasteiger partial charge on any atom is 0.167 e. The van der Waals surface area contributed by atoms with E-state index in [1.54, 1.807) is 0 Å². The summed E-state index contributed by atoms with van der Waals surface area (Å²) in [6.45, 7) is 5.42.